The number of rotatable bonds is 9. The zero-order valence-electron chi connectivity index (χ0n) is 22.5. The molecule has 0 aliphatic carbocycles. The third kappa shape index (κ3) is 6.91. The minimum Gasteiger partial charge on any atom is -0.452 e. The van der Waals surface area contributed by atoms with Crippen molar-refractivity contribution in [2.75, 3.05) is 23.0 Å². The Balaban J connectivity index is 2.13. The van der Waals surface area contributed by atoms with E-state index in [0.29, 0.717) is 23.4 Å². The molecule has 206 valence electrons. The molecule has 0 saturated carbocycles. The van der Waals surface area contributed by atoms with E-state index < -0.39 is 16.1 Å². The Morgan fingerprint density at radius 1 is 1.21 bits per heavy atom. The van der Waals surface area contributed by atoms with Gasteiger partial charge in [-0.3, -0.25) is 10.1 Å². The maximum absolute atomic E-state index is 12.4. The number of sulfonamides is 1. The van der Waals surface area contributed by atoms with Crippen molar-refractivity contribution in [1.29, 1.82) is 0 Å². The molecule has 1 amide bonds. The molecule has 2 aromatic heterocycles. The van der Waals surface area contributed by atoms with Crippen LogP contribution in [0.25, 0.3) is 21.8 Å². The van der Waals surface area contributed by atoms with Crippen molar-refractivity contribution in [3.05, 3.63) is 40.5 Å². The highest BCUT2D eigenvalue weighted by Gasteiger charge is 2.26. The second kappa shape index (κ2) is 11.8. The van der Waals surface area contributed by atoms with Gasteiger partial charge in [0, 0.05) is 17.2 Å². The topological polar surface area (TPSA) is 126 Å². The van der Waals surface area contributed by atoms with Crippen molar-refractivity contribution >= 4 is 50.7 Å². The number of thiazole rings is 1. The summed E-state index contributed by atoms with van der Waals surface area (Å²) in [4.78, 5) is 26.7. The molecule has 3 rings (SSSR count). The van der Waals surface area contributed by atoms with Crippen LogP contribution >= 0.6 is 22.9 Å². The predicted octanol–water partition coefficient (Wildman–Crippen LogP) is 6.17. The Kier molecular flexibility index (Phi) is 9.21. The fourth-order valence-electron chi connectivity index (χ4n) is 3.41. The number of hydrogen-bond acceptors (Lipinski definition) is 9. The van der Waals surface area contributed by atoms with Gasteiger partial charge in [-0.05, 0) is 32.4 Å². The summed E-state index contributed by atoms with van der Waals surface area (Å²) in [6.07, 6.45) is 1.49. The summed E-state index contributed by atoms with van der Waals surface area (Å²) >= 11 is 8.22. The molecule has 0 radical (unpaired) electrons. The highest BCUT2D eigenvalue weighted by atomic mass is 35.5. The molecule has 0 fully saturated rings. The van der Waals surface area contributed by atoms with Crippen molar-refractivity contribution in [1.82, 2.24) is 20.0 Å². The molecule has 0 unspecified atom stereocenters. The quantitative estimate of drug-likeness (QED) is 0.288. The first-order chi connectivity index (χ1) is 17.8. The van der Waals surface area contributed by atoms with Gasteiger partial charge in [-0.15, -0.1) is 11.3 Å². The lowest BCUT2D eigenvalue weighted by atomic mass is 9.98. The lowest BCUT2D eigenvalue weighted by molar-refractivity contribution is 0.122. The van der Waals surface area contributed by atoms with Crippen molar-refractivity contribution in [3.8, 4) is 21.8 Å². The normalized spacial score (nSPS) is 11.9. The van der Waals surface area contributed by atoms with E-state index in [1.807, 2.05) is 13.8 Å². The first-order valence-corrected chi connectivity index (χ1v) is 14.9. The Hall–Kier alpha value is -2.96. The molecule has 2 heterocycles. The van der Waals surface area contributed by atoms with Gasteiger partial charge in [-0.1, -0.05) is 51.4 Å². The van der Waals surface area contributed by atoms with Crippen LogP contribution in [0.1, 0.15) is 53.0 Å². The number of nitrogens with zero attached hydrogens (tertiary/aromatic N) is 4. The van der Waals surface area contributed by atoms with Crippen molar-refractivity contribution in [3.63, 3.8) is 0 Å². The first kappa shape index (κ1) is 29.6. The van der Waals surface area contributed by atoms with Crippen LogP contribution in [-0.2, 0) is 20.2 Å². The van der Waals surface area contributed by atoms with E-state index in [0.717, 1.165) is 9.88 Å². The minimum atomic E-state index is -3.54. The van der Waals surface area contributed by atoms with Gasteiger partial charge in [-0.2, -0.15) is 0 Å². The number of aromatic nitrogens is 3. The fourth-order valence-corrected chi connectivity index (χ4v) is 5.98. The SMILES string of the molecule is CCCS(=O)(=O)Nc1cccc(-c2nc(C(C)(C)C)sc2-c2ccnc(NN(C(=O)OC)C(C)C)n2)c1Cl. The lowest BCUT2D eigenvalue weighted by Crippen LogP contribution is -2.41. The maximum Gasteiger partial charge on any atom is 0.428 e. The van der Waals surface area contributed by atoms with E-state index in [-0.39, 0.29) is 33.9 Å². The largest absolute Gasteiger partial charge is 0.452 e. The smallest absolute Gasteiger partial charge is 0.428 e. The number of benzene rings is 1. The minimum absolute atomic E-state index is 0.0145. The van der Waals surface area contributed by atoms with Crippen molar-refractivity contribution < 1.29 is 17.9 Å². The highest BCUT2D eigenvalue weighted by Crippen LogP contribution is 2.43. The Morgan fingerprint density at radius 2 is 1.92 bits per heavy atom. The lowest BCUT2D eigenvalue weighted by Gasteiger charge is -2.25. The summed E-state index contributed by atoms with van der Waals surface area (Å²) in [5.74, 6) is 0.185. The number of anilines is 2. The molecule has 0 aliphatic heterocycles. The molecule has 2 N–H and O–H groups in total. The van der Waals surface area contributed by atoms with E-state index in [2.05, 4.69) is 40.9 Å². The number of hydrazine groups is 1. The van der Waals surface area contributed by atoms with E-state index in [1.54, 1.807) is 37.4 Å². The number of nitrogens with one attached hydrogen (secondary N) is 2. The summed E-state index contributed by atoms with van der Waals surface area (Å²) in [5, 5.41) is 2.38. The predicted molar refractivity (Wildman–Crippen MR) is 153 cm³/mol. The molecular weight excluding hydrogens is 548 g/mol. The molecular formula is C25H33ClN6O4S2. The van der Waals surface area contributed by atoms with Gasteiger partial charge < -0.3 is 4.74 Å². The average molecular weight is 581 g/mol. The van der Waals surface area contributed by atoms with Gasteiger partial charge in [0.15, 0.2) is 0 Å². The van der Waals surface area contributed by atoms with E-state index in [9.17, 15) is 13.2 Å². The number of methoxy groups -OCH3 is 1. The van der Waals surface area contributed by atoms with Crippen LogP contribution < -0.4 is 10.1 Å². The molecule has 0 atom stereocenters. The van der Waals surface area contributed by atoms with Crippen LogP contribution in [0.4, 0.5) is 16.4 Å². The van der Waals surface area contributed by atoms with Gasteiger partial charge >= 0.3 is 6.09 Å². The highest BCUT2D eigenvalue weighted by molar-refractivity contribution is 7.92. The number of ether oxygens (including phenoxy) is 1. The summed E-state index contributed by atoms with van der Waals surface area (Å²) in [6, 6.07) is 6.67. The van der Waals surface area contributed by atoms with Gasteiger partial charge in [0.05, 0.1) is 50.9 Å². The summed E-state index contributed by atoms with van der Waals surface area (Å²) in [6.45, 7) is 11.6. The zero-order valence-corrected chi connectivity index (χ0v) is 24.9. The summed E-state index contributed by atoms with van der Waals surface area (Å²) < 4.78 is 32.3. The molecule has 13 heteroatoms. The van der Waals surface area contributed by atoms with Crippen LogP contribution in [0.15, 0.2) is 30.5 Å². The Morgan fingerprint density at radius 3 is 2.53 bits per heavy atom. The van der Waals surface area contributed by atoms with Crippen LogP contribution in [0, 0.1) is 0 Å². The van der Waals surface area contributed by atoms with Gasteiger partial charge in [0.25, 0.3) is 0 Å². The Bertz CT molecular complexity index is 1400. The number of carbonyl (C=O) groups excluding carboxylic acids is 1. The van der Waals surface area contributed by atoms with Crippen LogP contribution in [-0.4, -0.2) is 53.4 Å². The summed E-state index contributed by atoms with van der Waals surface area (Å²) in [7, 11) is -2.24. The average Bonchev–Trinajstić information content (AvgIpc) is 3.29. The molecule has 38 heavy (non-hydrogen) atoms. The molecule has 1 aromatic carbocycles. The third-order valence-electron chi connectivity index (χ3n) is 5.26. The Labute approximate surface area is 232 Å². The van der Waals surface area contributed by atoms with Crippen LogP contribution in [0.2, 0.25) is 5.02 Å². The second-order valence-electron chi connectivity index (χ2n) is 9.85. The van der Waals surface area contributed by atoms with E-state index in [1.165, 1.54) is 23.5 Å². The van der Waals surface area contributed by atoms with Gasteiger partial charge in [-0.25, -0.2) is 33.2 Å². The molecule has 0 aliphatic rings. The van der Waals surface area contributed by atoms with Gasteiger partial charge in [0.1, 0.15) is 0 Å². The summed E-state index contributed by atoms with van der Waals surface area (Å²) in [5.41, 5.74) is 4.63. The zero-order chi connectivity index (χ0) is 28.3. The number of carbonyl (C=O) groups is 1. The first-order valence-electron chi connectivity index (χ1n) is 12.0. The number of halogens is 1. The number of amides is 1. The maximum atomic E-state index is 12.4. The van der Waals surface area contributed by atoms with Crippen LogP contribution in [0.5, 0.6) is 0 Å². The molecule has 10 nitrogen and oxygen atoms in total. The molecule has 0 saturated heterocycles. The standard InChI is InChI=1S/C25H33ClN6O4S2/c1-8-14-38(34,35)31-17-11-9-10-16(19(17)26)20-21(37-22(29-20)25(4,5)6)18-12-13-27-23(28-18)30-32(15(2)3)24(33)36-7/h9-13,15,31H,8,14H2,1-7H3,(H,27,28,30). The van der Waals surface area contributed by atoms with Gasteiger partial charge in [0.2, 0.25) is 16.0 Å². The molecule has 0 bridgehead atoms. The number of hydrogen-bond donors (Lipinski definition) is 2. The van der Waals surface area contributed by atoms with Crippen molar-refractivity contribution in [2.45, 2.75) is 59.4 Å². The van der Waals surface area contributed by atoms with E-state index >= 15 is 0 Å². The fraction of sp³-hybridized carbons (Fsp3) is 0.440. The van der Waals surface area contributed by atoms with Crippen molar-refractivity contribution in [2.24, 2.45) is 0 Å². The monoisotopic (exact) mass is 580 g/mol. The third-order valence-corrected chi connectivity index (χ3v) is 8.64. The molecule has 3 aromatic rings. The second-order valence-corrected chi connectivity index (χ2v) is 13.1. The van der Waals surface area contributed by atoms with E-state index in [4.69, 9.17) is 21.3 Å². The molecule has 0 spiro atoms. The van der Waals surface area contributed by atoms with Crippen LogP contribution in [0.3, 0.4) is 0 Å².